The number of hydrogen-bond donors (Lipinski definition) is 1. The summed E-state index contributed by atoms with van der Waals surface area (Å²) in [5, 5.41) is 3.75. The monoisotopic (exact) mass is 270 g/mol. The highest BCUT2D eigenvalue weighted by Gasteiger charge is 2.50. The van der Waals surface area contributed by atoms with Gasteiger partial charge in [0.15, 0.2) is 0 Å². The molecule has 1 fully saturated rings. The van der Waals surface area contributed by atoms with Crippen molar-refractivity contribution in [3.05, 3.63) is 0 Å². The molecular formula is C16H34N2O. The SMILES string of the molecule is CCOC1CC(NCCCN(CC)CC)C1(C)CC. The maximum absolute atomic E-state index is 5.85. The number of ether oxygens (including phenoxy) is 1. The Morgan fingerprint density at radius 3 is 2.42 bits per heavy atom. The molecule has 1 N–H and O–H groups in total. The highest BCUT2D eigenvalue weighted by molar-refractivity contribution is 5.04. The van der Waals surface area contributed by atoms with E-state index < -0.39 is 0 Å². The maximum Gasteiger partial charge on any atom is 0.0658 e. The van der Waals surface area contributed by atoms with Crippen molar-refractivity contribution in [3.63, 3.8) is 0 Å². The number of hydrogen-bond acceptors (Lipinski definition) is 3. The van der Waals surface area contributed by atoms with Gasteiger partial charge in [-0.3, -0.25) is 0 Å². The molecule has 0 heterocycles. The van der Waals surface area contributed by atoms with Crippen LogP contribution in [0.3, 0.4) is 0 Å². The lowest BCUT2D eigenvalue weighted by atomic mass is 9.61. The summed E-state index contributed by atoms with van der Waals surface area (Å²) in [6, 6.07) is 0.644. The summed E-state index contributed by atoms with van der Waals surface area (Å²) < 4.78 is 5.85. The zero-order valence-electron chi connectivity index (χ0n) is 13.7. The predicted octanol–water partition coefficient (Wildman–Crippen LogP) is 2.90. The van der Waals surface area contributed by atoms with E-state index in [1.165, 1.54) is 38.9 Å². The zero-order chi connectivity index (χ0) is 14.3. The van der Waals surface area contributed by atoms with Gasteiger partial charge in [0.25, 0.3) is 0 Å². The summed E-state index contributed by atoms with van der Waals surface area (Å²) in [4.78, 5) is 2.49. The Balaban J connectivity index is 2.23. The second-order valence-corrected chi connectivity index (χ2v) is 5.93. The van der Waals surface area contributed by atoms with Crippen LogP contribution in [0, 0.1) is 5.41 Å². The van der Waals surface area contributed by atoms with E-state index in [1.54, 1.807) is 0 Å². The van der Waals surface area contributed by atoms with Gasteiger partial charge in [-0.05, 0) is 52.4 Å². The van der Waals surface area contributed by atoms with Gasteiger partial charge in [-0.2, -0.15) is 0 Å². The van der Waals surface area contributed by atoms with Gasteiger partial charge in [0.2, 0.25) is 0 Å². The van der Waals surface area contributed by atoms with Crippen molar-refractivity contribution < 1.29 is 4.74 Å². The molecule has 0 radical (unpaired) electrons. The third-order valence-corrected chi connectivity index (χ3v) is 5.05. The lowest BCUT2D eigenvalue weighted by Crippen LogP contribution is -2.62. The van der Waals surface area contributed by atoms with Crippen molar-refractivity contribution in [1.82, 2.24) is 10.2 Å². The van der Waals surface area contributed by atoms with Crippen LogP contribution < -0.4 is 5.32 Å². The molecule has 3 atom stereocenters. The molecule has 0 aromatic carbocycles. The molecule has 1 aliphatic rings. The van der Waals surface area contributed by atoms with E-state index in [9.17, 15) is 0 Å². The topological polar surface area (TPSA) is 24.5 Å². The minimum atomic E-state index is 0.339. The van der Waals surface area contributed by atoms with Gasteiger partial charge in [-0.15, -0.1) is 0 Å². The average molecular weight is 270 g/mol. The fourth-order valence-corrected chi connectivity index (χ4v) is 3.19. The van der Waals surface area contributed by atoms with Crippen LogP contribution >= 0.6 is 0 Å². The van der Waals surface area contributed by atoms with Crippen LogP contribution in [0.2, 0.25) is 0 Å². The standard InChI is InChI=1S/C16H34N2O/c1-6-16(5)14(13-15(16)19-9-4)17-11-10-12-18(7-2)8-3/h14-15,17H,6-13H2,1-5H3. The second-order valence-electron chi connectivity index (χ2n) is 5.93. The van der Waals surface area contributed by atoms with E-state index in [2.05, 4.69) is 44.8 Å². The first-order valence-electron chi connectivity index (χ1n) is 8.19. The van der Waals surface area contributed by atoms with Gasteiger partial charge in [-0.1, -0.05) is 27.7 Å². The summed E-state index contributed by atoms with van der Waals surface area (Å²) in [6.45, 7) is 16.8. The molecular weight excluding hydrogens is 236 g/mol. The zero-order valence-corrected chi connectivity index (χ0v) is 13.7. The van der Waals surface area contributed by atoms with Crippen LogP contribution in [-0.2, 0) is 4.74 Å². The third kappa shape index (κ3) is 4.17. The van der Waals surface area contributed by atoms with E-state index in [-0.39, 0.29) is 0 Å². The van der Waals surface area contributed by atoms with E-state index >= 15 is 0 Å². The summed E-state index contributed by atoms with van der Waals surface area (Å²) in [5.74, 6) is 0. The summed E-state index contributed by atoms with van der Waals surface area (Å²) in [5.41, 5.74) is 0.339. The minimum Gasteiger partial charge on any atom is -0.378 e. The quantitative estimate of drug-likeness (QED) is 0.618. The van der Waals surface area contributed by atoms with E-state index in [0.29, 0.717) is 17.6 Å². The van der Waals surface area contributed by atoms with Crippen LogP contribution in [0.5, 0.6) is 0 Å². The van der Waals surface area contributed by atoms with Gasteiger partial charge in [0.05, 0.1) is 6.10 Å². The average Bonchev–Trinajstić information content (AvgIpc) is 2.44. The smallest absolute Gasteiger partial charge is 0.0658 e. The fourth-order valence-electron chi connectivity index (χ4n) is 3.19. The Hall–Kier alpha value is -0.120. The molecule has 3 unspecified atom stereocenters. The molecule has 0 aliphatic heterocycles. The van der Waals surface area contributed by atoms with E-state index in [0.717, 1.165) is 13.2 Å². The van der Waals surface area contributed by atoms with Crippen molar-refractivity contribution in [2.75, 3.05) is 32.8 Å². The molecule has 0 aromatic rings. The van der Waals surface area contributed by atoms with Crippen molar-refractivity contribution in [2.45, 2.75) is 66.0 Å². The van der Waals surface area contributed by atoms with Crippen molar-refractivity contribution in [3.8, 4) is 0 Å². The Bertz CT molecular complexity index is 243. The van der Waals surface area contributed by atoms with Gasteiger partial charge in [-0.25, -0.2) is 0 Å². The van der Waals surface area contributed by atoms with E-state index in [1.807, 2.05) is 0 Å². The van der Waals surface area contributed by atoms with E-state index in [4.69, 9.17) is 4.74 Å². The Morgan fingerprint density at radius 1 is 1.21 bits per heavy atom. The molecule has 0 amide bonds. The Kier molecular flexibility index (Phi) is 7.33. The largest absolute Gasteiger partial charge is 0.378 e. The molecule has 3 nitrogen and oxygen atoms in total. The molecule has 3 heteroatoms. The van der Waals surface area contributed by atoms with Crippen LogP contribution in [0.15, 0.2) is 0 Å². The molecule has 1 rings (SSSR count). The fraction of sp³-hybridized carbons (Fsp3) is 1.00. The molecule has 19 heavy (non-hydrogen) atoms. The van der Waals surface area contributed by atoms with Crippen molar-refractivity contribution in [2.24, 2.45) is 5.41 Å². The van der Waals surface area contributed by atoms with Crippen LogP contribution in [0.25, 0.3) is 0 Å². The first kappa shape index (κ1) is 16.9. The molecule has 0 saturated heterocycles. The molecule has 1 aliphatic carbocycles. The number of rotatable bonds is 10. The lowest BCUT2D eigenvalue weighted by molar-refractivity contribution is -0.125. The van der Waals surface area contributed by atoms with Gasteiger partial charge in [0.1, 0.15) is 0 Å². The first-order valence-corrected chi connectivity index (χ1v) is 8.19. The van der Waals surface area contributed by atoms with Gasteiger partial charge < -0.3 is 15.0 Å². The minimum absolute atomic E-state index is 0.339. The molecule has 1 saturated carbocycles. The van der Waals surface area contributed by atoms with Crippen LogP contribution in [0.4, 0.5) is 0 Å². The van der Waals surface area contributed by atoms with Crippen LogP contribution in [0.1, 0.15) is 53.9 Å². The molecule has 0 bridgehead atoms. The second kappa shape index (κ2) is 8.23. The first-order chi connectivity index (χ1) is 9.12. The van der Waals surface area contributed by atoms with Gasteiger partial charge >= 0.3 is 0 Å². The van der Waals surface area contributed by atoms with Crippen molar-refractivity contribution >= 4 is 0 Å². The molecule has 0 spiro atoms. The summed E-state index contributed by atoms with van der Waals surface area (Å²) in [6.07, 6.45) is 4.09. The summed E-state index contributed by atoms with van der Waals surface area (Å²) in [7, 11) is 0. The predicted molar refractivity (Wildman–Crippen MR) is 82.6 cm³/mol. The Labute approximate surface area is 120 Å². The van der Waals surface area contributed by atoms with Crippen molar-refractivity contribution in [1.29, 1.82) is 0 Å². The lowest BCUT2D eigenvalue weighted by Gasteiger charge is -2.54. The molecule has 0 aromatic heterocycles. The highest BCUT2D eigenvalue weighted by Crippen LogP contribution is 2.45. The number of nitrogens with one attached hydrogen (secondary N) is 1. The number of nitrogens with zero attached hydrogens (tertiary/aromatic N) is 1. The molecule has 114 valence electrons. The Morgan fingerprint density at radius 2 is 1.89 bits per heavy atom. The third-order valence-electron chi connectivity index (χ3n) is 5.05. The van der Waals surface area contributed by atoms with Gasteiger partial charge in [0, 0.05) is 18.1 Å². The van der Waals surface area contributed by atoms with Crippen LogP contribution in [-0.4, -0.2) is 49.8 Å². The maximum atomic E-state index is 5.85. The normalized spacial score (nSPS) is 30.6. The highest BCUT2D eigenvalue weighted by atomic mass is 16.5. The summed E-state index contributed by atoms with van der Waals surface area (Å²) >= 11 is 0.